The van der Waals surface area contributed by atoms with Gasteiger partial charge in [-0.3, -0.25) is 9.59 Å². The summed E-state index contributed by atoms with van der Waals surface area (Å²) >= 11 is 0. The van der Waals surface area contributed by atoms with E-state index in [-0.39, 0.29) is 17.9 Å². The maximum absolute atomic E-state index is 12.8. The summed E-state index contributed by atoms with van der Waals surface area (Å²) in [6.45, 7) is 6.87. The van der Waals surface area contributed by atoms with Crippen LogP contribution < -0.4 is 0 Å². The number of carbonyl (C=O) groups is 2. The highest BCUT2D eigenvalue weighted by molar-refractivity contribution is 5.92. The van der Waals surface area contributed by atoms with Crippen LogP contribution in [-0.2, 0) is 11.2 Å². The first-order valence-corrected chi connectivity index (χ1v) is 9.23. The largest absolute Gasteiger partial charge is 0.340 e. The van der Waals surface area contributed by atoms with Gasteiger partial charge in [0.05, 0.1) is 0 Å². The van der Waals surface area contributed by atoms with Crippen molar-refractivity contribution in [2.75, 3.05) is 19.6 Å². The molecule has 0 aromatic carbocycles. The van der Waals surface area contributed by atoms with Gasteiger partial charge in [-0.05, 0) is 31.9 Å². The number of hydrogen-bond donors (Lipinski definition) is 0. The Morgan fingerprint density at radius 2 is 2.11 bits per heavy atom. The SMILES string of the molecule is CC(=O)N(CCc1noc(C)n1)C1CCCN(C(=O)c2cccc(C)n2)C1. The molecular formula is C19H25N5O3. The lowest BCUT2D eigenvalue weighted by Crippen LogP contribution is -2.51. The second-order valence-corrected chi connectivity index (χ2v) is 6.90. The molecule has 8 heteroatoms. The van der Waals surface area contributed by atoms with E-state index in [2.05, 4.69) is 15.1 Å². The summed E-state index contributed by atoms with van der Waals surface area (Å²) in [6.07, 6.45) is 2.25. The molecule has 0 bridgehead atoms. The second kappa shape index (κ2) is 8.28. The van der Waals surface area contributed by atoms with Crippen LogP contribution in [0.1, 0.15) is 47.7 Å². The number of aromatic nitrogens is 3. The Morgan fingerprint density at radius 1 is 1.30 bits per heavy atom. The third kappa shape index (κ3) is 4.69. The van der Waals surface area contributed by atoms with E-state index in [1.807, 2.05) is 24.0 Å². The predicted octanol–water partition coefficient (Wildman–Crippen LogP) is 1.78. The van der Waals surface area contributed by atoms with Crippen molar-refractivity contribution in [2.45, 2.75) is 46.1 Å². The van der Waals surface area contributed by atoms with E-state index in [1.165, 1.54) is 0 Å². The maximum atomic E-state index is 12.8. The minimum atomic E-state index is -0.0827. The molecule has 1 saturated heterocycles. The highest BCUT2D eigenvalue weighted by atomic mass is 16.5. The zero-order valence-electron chi connectivity index (χ0n) is 16.0. The molecule has 0 radical (unpaired) electrons. The topological polar surface area (TPSA) is 92.4 Å². The normalized spacial score (nSPS) is 17.0. The Balaban J connectivity index is 1.66. The number of rotatable bonds is 5. The number of likely N-dealkylation sites (tertiary alicyclic amines) is 1. The molecule has 27 heavy (non-hydrogen) atoms. The van der Waals surface area contributed by atoms with Gasteiger partial charge in [0.15, 0.2) is 5.82 Å². The Labute approximate surface area is 158 Å². The maximum Gasteiger partial charge on any atom is 0.272 e. The number of amides is 2. The molecule has 1 unspecified atom stereocenters. The Kier molecular flexibility index (Phi) is 5.83. The molecule has 0 N–H and O–H groups in total. The Hall–Kier alpha value is -2.77. The van der Waals surface area contributed by atoms with Gasteiger partial charge in [0, 0.05) is 51.6 Å². The third-order valence-electron chi connectivity index (χ3n) is 4.78. The van der Waals surface area contributed by atoms with E-state index < -0.39 is 0 Å². The average Bonchev–Trinajstić information content (AvgIpc) is 3.06. The molecule has 8 nitrogen and oxygen atoms in total. The van der Waals surface area contributed by atoms with E-state index in [0.717, 1.165) is 18.5 Å². The smallest absolute Gasteiger partial charge is 0.272 e. The second-order valence-electron chi connectivity index (χ2n) is 6.90. The molecule has 144 valence electrons. The van der Waals surface area contributed by atoms with Gasteiger partial charge in [0.2, 0.25) is 11.8 Å². The molecule has 3 rings (SSSR count). The monoisotopic (exact) mass is 371 g/mol. The molecule has 2 aromatic rings. The number of hydrogen-bond acceptors (Lipinski definition) is 6. The van der Waals surface area contributed by atoms with Gasteiger partial charge in [-0.1, -0.05) is 11.2 Å². The van der Waals surface area contributed by atoms with Crippen LogP contribution in [0.2, 0.25) is 0 Å². The quantitative estimate of drug-likeness (QED) is 0.795. The van der Waals surface area contributed by atoms with Gasteiger partial charge >= 0.3 is 0 Å². The van der Waals surface area contributed by atoms with Gasteiger partial charge in [-0.2, -0.15) is 4.98 Å². The lowest BCUT2D eigenvalue weighted by atomic mass is 10.0. The first-order valence-electron chi connectivity index (χ1n) is 9.23. The summed E-state index contributed by atoms with van der Waals surface area (Å²) in [5.74, 6) is 1.01. The van der Waals surface area contributed by atoms with Crippen LogP contribution in [0.15, 0.2) is 22.7 Å². The van der Waals surface area contributed by atoms with Gasteiger partial charge in [0.1, 0.15) is 5.69 Å². The highest BCUT2D eigenvalue weighted by Gasteiger charge is 2.30. The zero-order valence-corrected chi connectivity index (χ0v) is 16.0. The summed E-state index contributed by atoms with van der Waals surface area (Å²) in [5, 5.41) is 3.89. The van der Waals surface area contributed by atoms with Crippen molar-refractivity contribution in [2.24, 2.45) is 0 Å². The van der Waals surface area contributed by atoms with Crippen molar-refractivity contribution in [1.82, 2.24) is 24.9 Å². The zero-order chi connectivity index (χ0) is 19.4. The van der Waals surface area contributed by atoms with E-state index in [4.69, 9.17) is 4.52 Å². The average molecular weight is 371 g/mol. The van der Waals surface area contributed by atoms with Crippen molar-refractivity contribution in [3.8, 4) is 0 Å². The summed E-state index contributed by atoms with van der Waals surface area (Å²) in [5.41, 5.74) is 1.27. The molecule has 1 fully saturated rings. The molecule has 0 saturated carbocycles. The minimum absolute atomic E-state index is 0.0109. The first-order chi connectivity index (χ1) is 12.9. The van der Waals surface area contributed by atoms with E-state index in [1.54, 1.807) is 24.8 Å². The van der Waals surface area contributed by atoms with Crippen molar-refractivity contribution in [1.29, 1.82) is 0 Å². The molecular weight excluding hydrogens is 346 g/mol. The van der Waals surface area contributed by atoms with Gasteiger partial charge in [-0.25, -0.2) is 4.98 Å². The van der Waals surface area contributed by atoms with Crippen LogP contribution in [-0.4, -0.2) is 62.4 Å². The molecule has 0 aliphatic carbocycles. The molecule has 0 spiro atoms. The fraction of sp³-hybridized carbons (Fsp3) is 0.526. The Bertz CT molecular complexity index is 819. The molecule has 1 aliphatic rings. The summed E-state index contributed by atoms with van der Waals surface area (Å²) in [4.78, 5) is 37.1. The van der Waals surface area contributed by atoms with Crippen LogP contribution >= 0.6 is 0 Å². The minimum Gasteiger partial charge on any atom is -0.340 e. The number of carbonyl (C=O) groups excluding carboxylic acids is 2. The summed E-state index contributed by atoms with van der Waals surface area (Å²) in [6, 6.07) is 5.43. The van der Waals surface area contributed by atoms with Gasteiger partial charge in [-0.15, -0.1) is 0 Å². The van der Waals surface area contributed by atoms with Crippen LogP contribution in [0.3, 0.4) is 0 Å². The van der Waals surface area contributed by atoms with Crippen LogP contribution in [0.25, 0.3) is 0 Å². The molecule has 2 amide bonds. The molecule has 3 heterocycles. The molecule has 2 aromatic heterocycles. The van der Waals surface area contributed by atoms with Crippen LogP contribution in [0.4, 0.5) is 0 Å². The highest BCUT2D eigenvalue weighted by Crippen LogP contribution is 2.18. The fourth-order valence-corrected chi connectivity index (χ4v) is 3.48. The van der Waals surface area contributed by atoms with Crippen molar-refractivity contribution in [3.63, 3.8) is 0 Å². The van der Waals surface area contributed by atoms with E-state index >= 15 is 0 Å². The fourth-order valence-electron chi connectivity index (χ4n) is 3.48. The Morgan fingerprint density at radius 3 is 2.78 bits per heavy atom. The summed E-state index contributed by atoms with van der Waals surface area (Å²) < 4.78 is 4.99. The van der Waals surface area contributed by atoms with Crippen molar-refractivity contribution in [3.05, 3.63) is 41.3 Å². The third-order valence-corrected chi connectivity index (χ3v) is 4.78. The number of pyridine rings is 1. The van der Waals surface area contributed by atoms with Crippen LogP contribution in [0.5, 0.6) is 0 Å². The van der Waals surface area contributed by atoms with E-state index in [9.17, 15) is 9.59 Å². The van der Waals surface area contributed by atoms with Gasteiger partial charge < -0.3 is 14.3 Å². The lowest BCUT2D eigenvalue weighted by Gasteiger charge is -2.39. The first kappa shape index (κ1) is 19.0. The standard InChI is InChI=1S/C19H25N5O3/c1-13-6-4-8-17(20-13)19(26)23-10-5-7-16(12-23)24(15(3)25)11-9-18-21-14(2)27-22-18/h4,6,8,16H,5,7,9-12H2,1-3H3. The number of aryl methyl sites for hydroxylation is 2. The molecule has 1 atom stereocenters. The summed E-state index contributed by atoms with van der Waals surface area (Å²) in [7, 11) is 0. The number of nitrogens with zero attached hydrogens (tertiary/aromatic N) is 5. The van der Waals surface area contributed by atoms with Gasteiger partial charge in [0.25, 0.3) is 5.91 Å². The van der Waals surface area contributed by atoms with Crippen LogP contribution in [0, 0.1) is 13.8 Å². The predicted molar refractivity (Wildman–Crippen MR) is 98.0 cm³/mol. The van der Waals surface area contributed by atoms with E-state index in [0.29, 0.717) is 43.5 Å². The van der Waals surface area contributed by atoms with Crippen molar-refractivity contribution >= 4 is 11.8 Å². The number of piperidine rings is 1. The van der Waals surface area contributed by atoms with Crippen molar-refractivity contribution < 1.29 is 14.1 Å². The molecule has 1 aliphatic heterocycles. The lowest BCUT2D eigenvalue weighted by molar-refractivity contribution is -0.132.